The van der Waals surface area contributed by atoms with Gasteiger partial charge in [0.2, 0.25) is 0 Å². The summed E-state index contributed by atoms with van der Waals surface area (Å²) < 4.78 is 10.7. The van der Waals surface area contributed by atoms with Crippen molar-refractivity contribution >= 4 is 12.1 Å². The van der Waals surface area contributed by atoms with E-state index in [9.17, 15) is 20.0 Å². The van der Waals surface area contributed by atoms with Gasteiger partial charge in [-0.3, -0.25) is 4.79 Å². The van der Waals surface area contributed by atoms with Gasteiger partial charge < -0.3 is 19.5 Å². The predicted molar refractivity (Wildman–Crippen MR) is 98.5 cm³/mol. The van der Waals surface area contributed by atoms with Crippen LogP contribution in [0.1, 0.15) is 39.2 Å². The number of hydrogen-bond donors (Lipinski definition) is 1. The lowest BCUT2D eigenvalue weighted by molar-refractivity contribution is -0.142. The molecule has 0 aromatic heterocycles. The van der Waals surface area contributed by atoms with E-state index < -0.39 is 29.0 Å². The van der Waals surface area contributed by atoms with Gasteiger partial charge in [-0.05, 0) is 51.3 Å². The standard InChI is InChI=1S/C20H26N2O5/c1-19(2,3)27-18(25)22-10-8-20(9-11-22,16(13-21)17(23)24)14-6-5-7-15(12-14)26-4/h5-7,12,16H,8-11H2,1-4H3,(H,23,24). The molecule has 1 heterocycles. The van der Waals surface area contributed by atoms with Crippen molar-refractivity contribution in [3.63, 3.8) is 0 Å². The number of nitrogens with zero attached hydrogens (tertiary/aromatic N) is 2. The van der Waals surface area contributed by atoms with Crippen molar-refractivity contribution in [2.45, 2.75) is 44.6 Å². The largest absolute Gasteiger partial charge is 0.497 e. The number of hydrogen-bond acceptors (Lipinski definition) is 5. The van der Waals surface area contributed by atoms with E-state index in [-0.39, 0.29) is 0 Å². The highest BCUT2D eigenvalue weighted by Gasteiger charge is 2.48. The number of aliphatic carboxylic acids is 1. The van der Waals surface area contributed by atoms with Crippen LogP contribution in [-0.4, -0.2) is 47.9 Å². The van der Waals surface area contributed by atoms with Gasteiger partial charge in [0.25, 0.3) is 0 Å². The summed E-state index contributed by atoms with van der Waals surface area (Å²) >= 11 is 0. The van der Waals surface area contributed by atoms with E-state index in [4.69, 9.17) is 9.47 Å². The van der Waals surface area contributed by atoms with E-state index in [1.165, 1.54) is 7.11 Å². The van der Waals surface area contributed by atoms with Crippen molar-refractivity contribution in [1.82, 2.24) is 4.90 Å². The third-order valence-electron chi connectivity index (χ3n) is 4.88. The molecule has 1 fully saturated rings. The van der Waals surface area contributed by atoms with Crippen LogP contribution in [0.2, 0.25) is 0 Å². The molecule has 27 heavy (non-hydrogen) atoms. The normalized spacial score (nSPS) is 17.5. The average molecular weight is 374 g/mol. The van der Waals surface area contributed by atoms with Crippen LogP contribution >= 0.6 is 0 Å². The smallest absolute Gasteiger partial charge is 0.410 e. The highest BCUT2D eigenvalue weighted by atomic mass is 16.6. The van der Waals surface area contributed by atoms with Crippen LogP contribution in [-0.2, 0) is 14.9 Å². The Bertz CT molecular complexity index is 739. The summed E-state index contributed by atoms with van der Waals surface area (Å²) in [6.45, 7) is 6.03. The second-order valence-electron chi connectivity index (χ2n) is 7.76. The summed E-state index contributed by atoms with van der Waals surface area (Å²) in [5, 5.41) is 19.2. The number of piperidine rings is 1. The number of nitriles is 1. The Kier molecular flexibility index (Phi) is 5.99. The Balaban J connectivity index is 2.33. The fraction of sp³-hybridized carbons (Fsp3) is 0.550. The van der Waals surface area contributed by atoms with Crippen molar-refractivity contribution < 1.29 is 24.2 Å². The van der Waals surface area contributed by atoms with Crippen LogP contribution in [0.4, 0.5) is 4.79 Å². The first-order valence-corrected chi connectivity index (χ1v) is 8.88. The molecule has 1 amide bonds. The Hall–Kier alpha value is -2.75. The zero-order valence-corrected chi connectivity index (χ0v) is 16.2. The number of carbonyl (C=O) groups excluding carboxylic acids is 1. The molecule has 1 N–H and O–H groups in total. The van der Waals surface area contributed by atoms with Crippen molar-refractivity contribution in [1.29, 1.82) is 5.26 Å². The molecule has 1 unspecified atom stereocenters. The van der Waals surface area contributed by atoms with E-state index in [1.54, 1.807) is 43.9 Å². The summed E-state index contributed by atoms with van der Waals surface area (Å²) in [5.41, 5.74) is -0.762. The number of ether oxygens (including phenoxy) is 2. The van der Waals surface area contributed by atoms with Gasteiger partial charge in [0.1, 0.15) is 11.4 Å². The third kappa shape index (κ3) is 4.51. The molecule has 0 aliphatic carbocycles. The number of rotatable bonds is 4. The van der Waals surface area contributed by atoms with Crippen LogP contribution in [0.3, 0.4) is 0 Å². The van der Waals surface area contributed by atoms with E-state index in [2.05, 4.69) is 0 Å². The highest BCUT2D eigenvalue weighted by Crippen LogP contribution is 2.43. The van der Waals surface area contributed by atoms with Crippen LogP contribution in [0.15, 0.2) is 24.3 Å². The van der Waals surface area contributed by atoms with Gasteiger partial charge in [0.05, 0.1) is 13.2 Å². The lowest BCUT2D eigenvalue weighted by atomic mass is 9.64. The van der Waals surface area contributed by atoms with Gasteiger partial charge in [-0.1, -0.05) is 12.1 Å². The Morgan fingerprint density at radius 2 is 1.93 bits per heavy atom. The molecular formula is C20H26N2O5. The molecule has 7 nitrogen and oxygen atoms in total. The number of likely N-dealkylation sites (tertiary alicyclic amines) is 1. The van der Waals surface area contributed by atoms with Crippen LogP contribution in [0.5, 0.6) is 5.75 Å². The zero-order chi connectivity index (χ0) is 20.2. The average Bonchev–Trinajstić information content (AvgIpc) is 2.61. The third-order valence-corrected chi connectivity index (χ3v) is 4.88. The van der Waals surface area contributed by atoms with Gasteiger partial charge in [-0.2, -0.15) is 5.26 Å². The van der Waals surface area contributed by atoms with Crippen LogP contribution in [0.25, 0.3) is 0 Å². The van der Waals surface area contributed by atoms with E-state index in [0.29, 0.717) is 31.7 Å². The molecule has 7 heteroatoms. The maximum Gasteiger partial charge on any atom is 0.410 e. The van der Waals surface area contributed by atoms with E-state index in [1.807, 2.05) is 12.1 Å². The highest BCUT2D eigenvalue weighted by molar-refractivity contribution is 5.76. The number of carbonyl (C=O) groups is 2. The van der Waals surface area contributed by atoms with Gasteiger partial charge in [0, 0.05) is 18.5 Å². The Morgan fingerprint density at radius 1 is 1.30 bits per heavy atom. The number of carboxylic acid groups (broad SMARTS) is 1. The molecule has 1 aliphatic rings. The topological polar surface area (TPSA) is 99.9 Å². The van der Waals surface area contributed by atoms with Crippen molar-refractivity contribution in [3.8, 4) is 11.8 Å². The molecule has 1 aliphatic heterocycles. The second-order valence-corrected chi connectivity index (χ2v) is 7.76. The van der Waals surface area contributed by atoms with Gasteiger partial charge in [-0.15, -0.1) is 0 Å². The minimum Gasteiger partial charge on any atom is -0.497 e. The van der Waals surface area contributed by atoms with Gasteiger partial charge in [0.15, 0.2) is 5.92 Å². The number of benzene rings is 1. The molecule has 0 spiro atoms. The monoisotopic (exact) mass is 374 g/mol. The van der Waals surface area contributed by atoms with Crippen molar-refractivity contribution in [2.24, 2.45) is 5.92 Å². The quantitative estimate of drug-likeness (QED) is 0.869. The first-order chi connectivity index (χ1) is 12.6. The lowest BCUT2D eigenvalue weighted by Gasteiger charge is -2.43. The molecule has 146 valence electrons. The minimum absolute atomic E-state index is 0.317. The minimum atomic E-state index is -1.22. The Morgan fingerprint density at radius 3 is 2.41 bits per heavy atom. The number of carboxylic acids is 1. The maximum atomic E-state index is 12.3. The second kappa shape index (κ2) is 7.87. The van der Waals surface area contributed by atoms with Gasteiger partial charge in [-0.25, -0.2) is 4.79 Å². The fourth-order valence-electron chi connectivity index (χ4n) is 3.51. The molecule has 1 aromatic rings. The molecular weight excluding hydrogens is 348 g/mol. The molecule has 0 saturated carbocycles. The summed E-state index contributed by atoms with van der Waals surface area (Å²) in [6, 6.07) is 9.11. The van der Waals surface area contributed by atoms with Crippen LogP contribution < -0.4 is 4.74 Å². The maximum absolute atomic E-state index is 12.3. The number of amides is 1. The fourth-order valence-corrected chi connectivity index (χ4v) is 3.51. The number of methoxy groups -OCH3 is 1. The first-order valence-electron chi connectivity index (χ1n) is 8.88. The molecule has 0 radical (unpaired) electrons. The SMILES string of the molecule is COc1cccc(C2(C(C#N)C(=O)O)CCN(C(=O)OC(C)(C)C)CC2)c1. The molecule has 1 saturated heterocycles. The van der Waals surface area contributed by atoms with E-state index in [0.717, 1.165) is 5.56 Å². The summed E-state index contributed by atoms with van der Waals surface area (Å²) in [5.74, 6) is -1.78. The van der Waals surface area contributed by atoms with Gasteiger partial charge >= 0.3 is 12.1 Å². The molecule has 0 bridgehead atoms. The van der Waals surface area contributed by atoms with Crippen LogP contribution in [0, 0.1) is 17.2 Å². The first kappa shape index (κ1) is 20.6. The van der Waals surface area contributed by atoms with Crippen molar-refractivity contribution in [2.75, 3.05) is 20.2 Å². The summed E-state index contributed by atoms with van der Waals surface area (Å²) in [4.78, 5) is 25.7. The van der Waals surface area contributed by atoms with E-state index >= 15 is 0 Å². The lowest BCUT2D eigenvalue weighted by Crippen LogP contribution is -2.51. The van der Waals surface area contributed by atoms with Crippen molar-refractivity contribution in [3.05, 3.63) is 29.8 Å². The molecule has 1 aromatic carbocycles. The Labute approximate surface area is 159 Å². The molecule has 1 atom stereocenters. The molecule has 2 rings (SSSR count). The summed E-state index contributed by atoms with van der Waals surface area (Å²) in [7, 11) is 1.54. The zero-order valence-electron chi connectivity index (χ0n) is 16.2. The summed E-state index contributed by atoms with van der Waals surface area (Å²) in [6.07, 6.45) is 0.277. The predicted octanol–water partition coefficient (Wildman–Crippen LogP) is 3.19.